The second-order valence-electron chi connectivity index (χ2n) is 6.40. The fourth-order valence-electron chi connectivity index (χ4n) is 3.26. The van der Waals surface area contributed by atoms with Crippen molar-refractivity contribution in [2.45, 2.75) is 20.0 Å². The molecule has 0 aromatic heterocycles. The van der Waals surface area contributed by atoms with Crippen molar-refractivity contribution in [1.82, 2.24) is 4.90 Å². The molecule has 1 heterocycles. The first-order valence-electron chi connectivity index (χ1n) is 9.13. The third-order valence-corrected chi connectivity index (χ3v) is 4.71. The topological polar surface area (TPSA) is 35.6 Å². The number of carbonyl (C=O) groups is 1. The maximum absolute atomic E-state index is 13.4. The minimum atomic E-state index is -4.47. The molecule has 2 aromatic rings. The molecule has 0 saturated heterocycles. The van der Waals surface area contributed by atoms with Crippen LogP contribution in [0.2, 0.25) is 0 Å². The van der Waals surface area contributed by atoms with Crippen LogP contribution < -0.4 is 10.2 Å². The van der Waals surface area contributed by atoms with Gasteiger partial charge in [0.05, 0.1) is 23.6 Å². The predicted molar refractivity (Wildman–Crippen MR) is 105 cm³/mol. The minimum absolute atomic E-state index is 0.228. The Bertz CT molecular complexity index is 874. The first kappa shape index (κ1) is 19.8. The van der Waals surface area contributed by atoms with E-state index in [0.29, 0.717) is 36.7 Å². The predicted octanol–water partition coefficient (Wildman–Crippen LogP) is 5.11. The number of rotatable bonds is 5. The van der Waals surface area contributed by atoms with Crippen molar-refractivity contribution in [3.05, 3.63) is 59.7 Å². The minimum Gasteiger partial charge on any atom is -0.366 e. The number of hydrogen-bond donors (Lipinski definition) is 1. The largest absolute Gasteiger partial charge is 0.416 e. The second-order valence-corrected chi connectivity index (χ2v) is 6.40. The van der Waals surface area contributed by atoms with Crippen LogP contribution in [0.1, 0.15) is 25.0 Å². The van der Waals surface area contributed by atoms with Crippen molar-refractivity contribution in [2.24, 2.45) is 0 Å². The molecular weight excluding hydrogens is 367 g/mol. The van der Waals surface area contributed by atoms with E-state index in [1.54, 1.807) is 4.90 Å². The fourth-order valence-corrected chi connectivity index (χ4v) is 3.26. The number of para-hydroxylation sites is 1. The standard InChI is InChI=1S/C21H22F3N3O/c1-3-26(4-2)19(28)11-10-15-12-16(21(22,23)24)13-18-20(15)27(14-25-18)17-8-6-5-7-9-17/h5-13,25H,3-4,14H2,1-2H3. The van der Waals surface area contributed by atoms with Crippen LogP contribution in [-0.2, 0) is 11.0 Å². The first-order valence-corrected chi connectivity index (χ1v) is 9.13. The maximum Gasteiger partial charge on any atom is 0.416 e. The number of nitrogens with zero attached hydrogens (tertiary/aromatic N) is 2. The van der Waals surface area contributed by atoms with E-state index >= 15 is 0 Å². The number of amides is 1. The van der Waals surface area contributed by atoms with E-state index in [4.69, 9.17) is 0 Å². The monoisotopic (exact) mass is 389 g/mol. The van der Waals surface area contributed by atoms with Gasteiger partial charge in [0.1, 0.15) is 0 Å². The second kappa shape index (κ2) is 7.96. The van der Waals surface area contributed by atoms with Crippen LogP contribution in [0.25, 0.3) is 6.08 Å². The van der Waals surface area contributed by atoms with E-state index in [0.717, 1.165) is 17.8 Å². The molecule has 1 amide bonds. The number of fused-ring (bicyclic) bond motifs is 1. The fraction of sp³-hybridized carbons (Fsp3) is 0.286. The summed E-state index contributed by atoms with van der Waals surface area (Å²) in [5, 5.41) is 3.03. The van der Waals surface area contributed by atoms with Crippen molar-refractivity contribution in [1.29, 1.82) is 0 Å². The van der Waals surface area contributed by atoms with Gasteiger partial charge in [-0.2, -0.15) is 13.2 Å². The van der Waals surface area contributed by atoms with Crippen LogP contribution in [0.5, 0.6) is 0 Å². The van der Waals surface area contributed by atoms with Crippen LogP contribution in [0.4, 0.5) is 30.2 Å². The van der Waals surface area contributed by atoms with Gasteiger partial charge in [-0.25, -0.2) is 0 Å². The summed E-state index contributed by atoms with van der Waals surface area (Å²) in [6, 6.07) is 11.6. The number of benzene rings is 2. The van der Waals surface area contributed by atoms with E-state index < -0.39 is 11.7 Å². The molecule has 0 aliphatic carbocycles. The lowest BCUT2D eigenvalue weighted by Crippen LogP contribution is -2.28. The third-order valence-electron chi connectivity index (χ3n) is 4.71. The van der Waals surface area contributed by atoms with Gasteiger partial charge in [0.25, 0.3) is 0 Å². The van der Waals surface area contributed by atoms with Crippen LogP contribution in [-0.4, -0.2) is 30.6 Å². The number of carbonyl (C=O) groups excluding carboxylic acids is 1. The van der Waals surface area contributed by atoms with Gasteiger partial charge in [0.15, 0.2) is 0 Å². The Morgan fingerprint density at radius 3 is 2.46 bits per heavy atom. The van der Waals surface area contributed by atoms with Crippen LogP contribution in [0, 0.1) is 0 Å². The Balaban J connectivity index is 2.07. The number of anilines is 3. The average Bonchev–Trinajstić information content (AvgIpc) is 3.11. The summed E-state index contributed by atoms with van der Waals surface area (Å²) in [5.74, 6) is -0.228. The number of likely N-dealkylation sites (N-methyl/N-ethyl adjacent to an activating group) is 1. The van der Waals surface area contributed by atoms with E-state index in [-0.39, 0.29) is 5.91 Å². The van der Waals surface area contributed by atoms with Gasteiger partial charge in [-0.3, -0.25) is 4.79 Å². The molecule has 1 N–H and O–H groups in total. The maximum atomic E-state index is 13.4. The molecule has 1 aliphatic heterocycles. The number of alkyl halides is 3. The molecular formula is C21H22F3N3O. The Kier molecular flexibility index (Phi) is 5.63. The summed E-state index contributed by atoms with van der Waals surface area (Å²) < 4.78 is 40.1. The average molecular weight is 389 g/mol. The van der Waals surface area contributed by atoms with E-state index in [1.165, 1.54) is 12.2 Å². The zero-order chi connectivity index (χ0) is 20.3. The van der Waals surface area contributed by atoms with Crippen molar-refractivity contribution < 1.29 is 18.0 Å². The van der Waals surface area contributed by atoms with Gasteiger partial charge in [-0.05, 0) is 44.2 Å². The van der Waals surface area contributed by atoms with Crippen LogP contribution in [0.15, 0.2) is 48.5 Å². The van der Waals surface area contributed by atoms with Gasteiger partial charge in [0.2, 0.25) is 5.91 Å². The van der Waals surface area contributed by atoms with Gasteiger partial charge >= 0.3 is 6.18 Å². The Morgan fingerprint density at radius 2 is 1.86 bits per heavy atom. The molecule has 4 nitrogen and oxygen atoms in total. The molecule has 7 heteroatoms. The van der Waals surface area contributed by atoms with Crippen LogP contribution in [0.3, 0.4) is 0 Å². The first-order chi connectivity index (χ1) is 13.3. The molecule has 0 radical (unpaired) electrons. The molecule has 0 unspecified atom stereocenters. The SMILES string of the molecule is CCN(CC)C(=O)C=Cc1cc(C(F)(F)F)cc2c1N(c1ccccc1)CN2. The van der Waals surface area contributed by atoms with Gasteiger partial charge in [0, 0.05) is 30.4 Å². The summed E-state index contributed by atoms with van der Waals surface area (Å²) in [7, 11) is 0. The lowest BCUT2D eigenvalue weighted by Gasteiger charge is -2.21. The molecule has 0 fully saturated rings. The van der Waals surface area contributed by atoms with Crippen molar-refractivity contribution in [2.75, 3.05) is 30.0 Å². The van der Waals surface area contributed by atoms with Crippen molar-refractivity contribution in [3.63, 3.8) is 0 Å². The van der Waals surface area contributed by atoms with Crippen LogP contribution >= 0.6 is 0 Å². The van der Waals surface area contributed by atoms with Gasteiger partial charge < -0.3 is 15.1 Å². The Hall–Kier alpha value is -2.96. The molecule has 0 atom stereocenters. The molecule has 0 spiro atoms. The lowest BCUT2D eigenvalue weighted by molar-refractivity contribution is -0.137. The smallest absolute Gasteiger partial charge is 0.366 e. The summed E-state index contributed by atoms with van der Waals surface area (Å²) in [6.45, 7) is 5.15. The molecule has 0 saturated carbocycles. The highest BCUT2D eigenvalue weighted by Crippen LogP contribution is 2.44. The molecule has 1 aliphatic rings. The molecule has 148 valence electrons. The normalized spacial score (nSPS) is 13.5. The highest BCUT2D eigenvalue weighted by molar-refractivity contribution is 5.95. The third kappa shape index (κ3) is 3.98. The lowest BCUT2D eigenvalue weighted by atomic mass is 10.0. The van der Waals surface area contributed by atoms with E-state index in [2.05, 4.69) is 5.32 Å². The molecule has 28 heavy (non-hydrogen) atoms. The molecule has 2 aromatic carbocycles. The quantitative estimate of drug-likeness (QED) is 0.722. The van der Waals surface area contributed by atoms with E-state index in [9.17, 15) is 18.0 Å². The highest BCUT2D eigenvalue weighted by Gasteiger charge is 2.34. The summed E-state index contributed by atoms with van der Waals surface area (Å²) in [6.07, 6.45) is -1.66. The zero-order valence-electron chi connectivity index (χ0n) is 15.8. The Labute approximate surface area is 162 Å². The van der Waals surface area contributed by atoms with Crippen molar-refractivity contribution >= 4 is 29.0 Å². The number of nitrogens with one attached hydrogen (secondary N) is 1. The summed E-state index contributed by atoms with van der Waals surface area (Å²) in [4.78, 5) is 15.8. The zero-order valence-corrected chi connectivity index (χ0v) is 15.8. The van der Waals surface area contributed by atoms with E-state index in [1.807, 2.05) is 49.1 Å². The highest BCUT2D eigenvalue weighted by atomic mass is 19.4. The molecule has 0 bridgehead atoms. The van der Waals surface area contributed by atoms with Gasteiger partial charge in [-0.1, -0.05) is 18.2 Å². The Morgan fingerprint density at radius 1 is 1.18 bits per heavy atom. The van der Waals surface area contributed by atoms with Crippen molar-refractivity contribution in [3.8, 4) is 0 Å². The van der Waals surface area contributed by atoms with Gasteiger partial charge in [-0.15, -0.1) is 0 Å². The number of halogens is 3. The summed E-state index contributed by atoms with van der Waals surface area (Å²) in [5.41, 5.74) is 1.48. The summed E-state index contributed by atoms with van der Waals surface area (Å²) >= 11 is 0. The number of hydrogen-bond acceptors (Lipinski definition) is 3. The molecule has 3 rings (SSSR count).